The van der Waals surface area contributed by atoms with Crippen LogP contribution in [0.15, 0.2) is 53.5 Å². The standard InChI is InChI=1S/C18H21N5O2.ClH/c1-13(11-19-2)17(24)20-15-7-5-6-14(10-15)12-23-18(25)22-9-4-3-8-16(22)21-23;/h3-10,13,19H,11-12H2,1-2H3,(H,20,24);1H. The lowest BCUT2D eigenvalue weighted by atomic mass is 10.1. The molecule has 0 saturated carbocycles. The predicted molar refractivity (Wildman–Crippen MR) is 104 cm³/mol. The molecule has 0 spiro atoms. The Balaban J connectivity index is 0.00000243. The van der Waals surface area contributed by atoms with E-state index in [9.17, 15) is 9.59 Å². The van der Waals surface area contributed by atoms with Crippen molar-refractivity contribution in [1.82, 2.24) is 19.5 Å². The molecule has 138 valence electrons. The fraction of sp³-hybridized carbons (Fsp3) is 0.278. The second-order valence-electron chi connectivity index (χ2n) is 6.02. The van der Waals surface area contributed by atoms with E-state index in [1.807, 2.05) is 44.3 Å². The largest absolute Gasteiger partial charge is 0.350 e. The molecule has 0 aliphatic rings. The van der Waals surface area contributed by atoms with Gasteiger partial charge < -0.3 is 10.6 Å². The third-order valence-corrected chi connectivity index (χ3v) is 3.97. The van der Waals surface area contributed by atoms with Crippen molar-refractivity contribution >= 4 is 29.6 Å². The fourth-order valence-corrected chi connectivity index (χ4v) is 2.66. The van der Waals surface area contributed by atoms with Gasteiger partial charge in [-0.15, -0.1) is 17.5 Å². The summed E-state index contributed by atoms with van der Waals surface area (Å²) in [4.78, 5) is 24.5. The minimum atomic E-state index is -0.187. The average molecular weight is 376 g/mol. The number of hydrogen-bond acceptors (Lipinski definition) is 4. The Morgan fingerprint density at radius 1 is 1.23 bits per heavy atom. The van der Waals surface area contributed by atoms with E-state index in [-0.39, 0.29) is 29.9 Å². The number of anilines is 1. The van der Waals surface area contributed by atoms with Crippen LogP contribution in [-0.4, -0.2) is 33.7 Å². The lowest BCUT2D eigenvalue weighted by Crippen LogP contribution is -2.28. The van der Waals surface area contributed by atoms with Crippen LogP contribution in [0.1, 0.15) is 12.5 Å². The monoisotopic (exact) mass is 375 g/mol. The fourth-order valence-electron chi connectivity index (χ4n) is 2.66. The summed E-state index contributed by atoms with van der Waals surface area (Å²) in [6.07, 6.45) is 1.70. The van der Waals surface area contributed by atoms with Gasteiger partial charge in [0.05, 0.1) is 6.54 Å². The van der Waals surface area contributed by atoms with Gasteiger partial charge >= 0.3 is 5.69 Å². The Labute approximate surface area is 157 Å². The molecule has 2 heterocycles. The van der Waals surface area contributed by atoms with Gasteiger partial charge in [0, 0.05) is 24.3 Å². The second kappa shape index (κ2) is 8.64. The van der Waals surface area contributed by atoms with Crippen LogP contribution in [0, 0.1) is 5.92 Å². The zero-order valence-corrected chi connectivity index (χ0v) is 15.5. The molecule has 0 aliphatic carbocycles. The normalized spacial score (nSPS) is 11.8. The van der Waals surface area contributed by atoms with E-state index in [2.05, 4.69) is 15.7 Å². The highest BCUT2D eigenvalue weighted by molar-refractivity contribution is 5.92. The van der Waals surface area contributed by atoms with Gasteiger partial charge in [0.2, 0.25) is 5.91 Å². The maximum atomic E-state index is 12.3. The Hall–Kier alpha value is -2.64. The Kier molecular flexibility index (Phi) is 6.54. The van der Waals surface area contributed by atoms with Gasteiger partial charge in [-0.3, -0.25) is 9.20 Å². The van der Waals surface area contributed by atoms with Gasteiger partial charge in [0.15, 0.2) is 5.65 Å². The Morgan fingerprint density at radius 2 is 2.04 bits per heavy atom. The molecule has 26 heavy (non-hydrogen) atoms. The zero-order valence-electron chi connectivity index (χ0n) is 14.7. The summed E-state index contributed by atoms with van der Waals surface area (Å²) in [7, 11) is 1.82. The van der Waals surface area contributed by atoms with E-state index in [0.717, 1.165) is 5.56 Å². The first-order chi connectivity index (χ1) is 12.1. The number of nitrogens with zero attached hydrogens (tertiary/aromatic N) is 3. The summed E-state index contributed by atoms with van der Waals surface area (Å²) >= 11 is 0. The lowest BCUT2D eigenvalue weighted by Gasteiger charge is -2.12. The maximum absolute atomic E-state index is 12.3. The molecular formula is C18H22ClN5O2. The van der Waals surface area contributed by atoms with Crippen molar-refractivity contribution in [3.05, 3.63) is 64.7 Å². The topological polar surface area (TPSA) is 80.4 Å². The van der Waals surface area contributed by atoms with Gasteiger partial charge in [-0.25, -0.2) is 9.48 Å². The summed E-state index contributed by atoms with van der Waals surface area (Å²) in [5.41, 5.74) is 2.03. The first-order valence-corrected chi connectivity index (χ1v) is 8.17. The molecule has 8 heteroatoms. The van der Waals surface area contributed by atoms with Crippen LogP contribution in [-0.2, 0) is 11.3 Å². The van der Waals surface area contributed by atoms with Crippen molar-refractivity contribution in [3.63, 3.8) is 0 Å². The van der Waals surface area contributed by atoms with Crippen molar-refractivity contribution in [3.8, 4) is 0 Å². The third-order valence-electron chi connectivity index (χ3n) is 3.97. The molecular weight excluding hydrogens is 354 g/mol. The summed E-state index contributed by atoms with van der Waals surface area (Å²) < 4.78 is 2.92. The minimum Gasteiger partial charge on any atom is -0.326 e. The number of nitrogens with one attached hydrogen (secondary N) is 2. The second-order valence-corrected chi connectivity index (χ2v) is 6.02. The highest BCUT2D eigenvalue weighted by Crippen LogP contribution is 2.13. The van der Waals surface area contributed by atoms with Crippen molar-refractivity contribution in [2.24, 2.45) is 5.92 Å². The van der Waals surface area contributed by atoms with E-state index < -0.39 is 0 Å². The van der Waals surface area contributed by atoms with Crippen molar-refractivity contribution < 1.29 is 4.79 Å². The summed E-state index contributed by atoms with van der Waals surface area (Å²) in [6, 6.07) is 12.9. The van der Waals surface area contributed by atoms with Crippen LogP contribution in [0.5, 0.6) is 0 Å². The van der Waals surface area contributed by atoms with Crippen molar-refractivity contribution in [2.45, 2.75) is 13.5 Å². The minimum absolute atomic E-state index is 0. The summed E-state index contributed by atoms with van der Waals surface area (Å²) in [5.74, 6) is -0.175. The summed E-state index contributed by atoms with van der Waals surface area (Å²) in [5, 5.41) is 10.2. The molecule has 7 nitrogen and oxygen atoms in total. The van der Waals surface area contributed by atoms with E-state index in [4.69, 9.17) is 0 Å². The van der Waals surface area contributed by atoms with Crippen LogP contribution in [0.2, 0.25) is 0 Å². The number of aromatic nitrogens is 3. The molecule has 1 aromatic carbocycles. The van der Waals surface area contributed by atoms with Crippen LogP contribution in [0.4, 0.5) is 5.69 Å². The predicted octanol–water partition coefficient (Wildman–Crippen LogP) is 1.76. The van der Waals surface area contributed by atoms with Crippen LogP contribution in [0.25, 0.3) is 5.65 Å². The number of hydrogen-bond donors (Lipinski definition) is 2. The first-order valence-electron chi connectivity index (χ1n) is 8.17. The molecule has 2 N–H and O–H groups in total. The number of carbonyl (C=O) groups is 1. The molecule has 0 radical (unpaired) electrons. The maximum Gasteiger partial charge on any atom is 0.350 e. The molecule has 1 unspecified atom stereocenters. The third kappa shape index (κ3) is 4.30. The highest BCUT2D eigenvalue weighted by atomic mass is 35.5. The van der Waals surface area contributed by atoms with Crippen LogP contribution < -0.4 is 16.3 Å². The number of carbonyl (C=O) groups excluding carboxylic acids is 1. The smallest absolute Gasteiger partial charge is 0.326 e. The van der Waals surface area contributed by atoms with Crippen LogP contribution in [0.3, 0.4) is 0 Å². The molecule has 2 aromatic heterocycles. The molecule has 1 atom stereocenters. The Bertz CT molecular complexity index is 950. The van der Waals surface area contributed by atoms with E-state index in [1.54, 1.807) is 18.3 Å². The SMILES string of the molecule is CNCC(C)C(=O)Nc1cccc(Cn2nc3ccccn3c2=O)c1.Cl. The molecule has 0 aliphatic heterocycles. The van der Waals surface area contributed by atoms with E-state index >= 15 is 0 Å². The van der Waals surface area contributed by atoms with Crippen molar-refractivity contribution in [1.29, 1.82) is 0 Å². The van der Waals surface area contributed by atoms with E-state index in [0.29, 0.717) is 24.4 Å². The van der Waals surface area contributed by atoms with Gasteiger partial charge in [-0.05, 0) is 36.9 Å². The number of pyridine rings is 1. The number of halogens is 1. The van der Waals surface area contributed by atoms with Gasteiger partial charge in [0.1, 0.15) is 0 Å². The first kappa shape index (κ1) is 19.7. The lowest BCUT2D eigenvalue weighted by molar-refractivity contribution is -0.119. The van der Waals surface area contributed by atoms with E-state index in [1.165, 1.54) is 9.08 Å². The quantitative estimate of drug-likeness (QED) is 0.688. The highest BCUT2D eigenvalue weighted by Gasteiger charge is 2.12. The van der Waals surface area contributed by atoms with Gasteiger partial charge in [-0.1, -0.05) is 25.1 Å². The zero-order chi connectivity index (χ0) is 17.8. The van der Waals surface area contributed by atoms with Gasteiger partial charge in [-0.2, -0.15) is 0 Å². The molecule has 3 rings (SSSR count). The average Bonchev–Trinajstić information content (AvgIpc) is 2.92. The number of amides is 1. The molecule has 0 bridgehead atoms. The Morgan fingerprint density at radius 3 is 2.77 bits per heavy atom. The van der Waals surface area contributed by atoms with Crippen LogP contribution >= 0.6 is 12.4 Å². The molecule has 3 aromatic rings. The summed E-state index contributed by atoms with van der Waals surface area (Å²) in [6.45, 7) is 2.82. The number of benzene rings is 1. The molecule has 1 amide bonds. The molecule has 0 fully saturated rings. The number of rotatable bonds is 6. The molecule has 0 saturated heterocycles. The van der Waals surface area contributed by atoms with Crippen molar-refractivity contribution in [2.75, 3.05) is 18.9 Å². The number of fused-ring (bicyclic) bond motifs is 1. The van der Waals surface area contributed by atoms with Gasteiger partial charge in [0.25, 0.3) is 0 Å².